The number of alkyl halides is 3. The third-order valence-corrected chi connectivity index (χ3v) is 4.23. The molecule has 31 heavy (non-hydrogen) atoms. The SMILES string of the molecule is CCNC(=O)c1cccc(CNC(=NC)NCc2ccc(COCC(F)(F)F)cc2)c1. The number of guanidine groups is 1. The summed E-state index contributed by atoms with van der Waals surface area (Å²) in [5.74, 6) is 0.472. The minimum absolute atomic E-state index is 0.0915. The fourth-order valence-electron chi connectivity index (χ4n) is 2.72. The Kier molecular flexibility index (Phi) is 9.33. The molecule has 2 aromatic carbocycles. The van der Waals surface area contributed by atoms with Crippen LogP contribution in [0.4, 0.5) is 13.2 Å². The van der Waals surface area contributed by atoms with Gasteiger partial charge < -0.3 is 20.7 Å². The van der Waals surface area contributed by atoms with Gasteiger partial charge in [-0.15, -0.1) is 0 Å². The number of amides is 1. The Labute approximate surface area is 179 Å². The van der Waals surface area contributed by atoms with Gasteiger partial charge in [0.05, 0.1) is 6.61 Å². The van der Waals surface area contributed by atoms with Gasteiger partial charge in [-0.1, -0.05) is 36.4 Å². The highest BCUT2D eigenvalue weighted by molar-refractivity contribution is 5.94. The fourth-order valence-corrected chi connectivity index (χ4v) is 2.72. The summed E-state index contributed by atoms with van der Waals surface area (Å²) in [6, 6.07) is 14.4. The molecule has 0 aliphatic heterocycles. The second kappa shape index (κ2) is 11.9. The Morgan fingerprint density at radius 2 is 1.61 bits per heavy atom. The van der Waals surface area contributed by atoms with E-state index in [0.29, 0.717) is 36.7 Å². The van der Waals surface area contributed by atoms with Crippen molar-refractivity contribution in [3.63, 3.8) is 0 Å². The van der Waals surface area contributed by atoms with Gasteiger partial charge in [-0.05, 0) is 35.7 Å². The van der Waals surface area contributed by atoms with E-state index in [4.69, 9.17) is 0 Å². The second-order valence-electron chi connectivity index (χ2n) is 6.76. The lowest BCUT2D eigenvalue weighted by atomic mass is 10.1. The lowest BCUT2D eigenvalue weighted by molar-refractivity contribution is -0.176. The molecule has 168 valence electrons. The van der Waals surface area contributed by atoms with Crippen LogP contribution in [-0.2, 0) is 24.4 Å². The maximum atomic E-state index is 12.1. The molecule has 0 spiro atoms. The molecule has 0 saturated heterocycles. The van der Waals surface area contributed by atoms with Crippen molar-refractivity contribution >= 4 is 11.9 Å². The smallest absolute Gasteiger partial charge is 0.367 e. The van der Waals surface area contributed by atoms with E-state index in [9.17, 15) is 18.0 Å². The lowest BCUT2D eigenvalue weighted by Gasteiger charge is -2.13. The van der Waals surface area contributed by atoms with Gasteiger partial charge in [-0.3, -0.25) is 9.79 Å². The average Bonchev–Trinajstić information content (AvgIpc) is 2.74. The standard InChI is InChI=1S/C22H27F3N4O2/c1-3-27-20(30)19-6-4-5-18(11-19)13-29-21(26-2)28-12-16-7-9-17(10-8-16)14-31-15-22(23,24)25/h4-11H,3,12-15H2,1-2H3,(H,27,30)(H2,26,28,29). The summed E-state index contributed by atoms with van der Waals surface area (Å²) in [6.45, 7) is 2.06. The van der Waals surface area contributed by atoms with Crippen molar-refractivity contribution in [3.8, 4) is 0 Å². The monoisotopic (exact) mass is 436 g/mol. The number of hydrogen-bond donors (Lipinski definition) is 3. The quantitative estimate of drug-likeness (QED) is 0.416. The van der Waals surface area contributed by atoms with Crippen molar-refractivity contribution in [2.75, 3.05) is 20.2 Å². The number of carbonyl (C=O) groups excluding carboxylic acids is 1. The van der Waals surface area contributed by atoms with Gasteiger partial charge in [0.1, 0.15) is 6.61 Å². The van der Waals surface area contributed by atoms with Gasteiger partial charge in [0.25, 0.3) is 5.91 Å². The first-order valence-corrected chi connectivity index (χ1v) is 9.84. The average molecular weight is 436 g/mol. The van der Waals surface area contributed by atoms with E-state index in [1.165, 1.54) is 0 Å². The van der Waals surface area contributed by atoms with E-state index in [2.05, 4.69) is 25.7 Å². The molecule has 0 heterocycles. The summed E-state index contributed by atoms with van der Waals surface area (Å²) in [5, 5.41) is 9.14. The third kappa shape index (κ3) is 9.08. The molecular formula is C22H27F3N4O2. The number of nitrogens with one attached hydrogen (secondary N) is 3. The van der Waals surface area contributed by atoms with Crippen LogP contribution in [0.3, 0.4) is 0 Å². The van der Waals surface area contributed by atoms with Crippen LogP contribution in [0.15, 0.2) is 53.5 Å². The molecule has 0 fully saturated rings. The number of halogens is 3. The fraction of sp³-hybridized carbons (Fsp3) is 0.364. The first-order valence-electron chi connectivity index (χ1n) is 9.84. The molecule has 0 unspecified atom stereocenters. The zero-order valence-corrected chi connectivity index (χ0v) is 17.6. The van der Waals surface area contributed by atoms with Crippen LogP contribution in [0.25, 0.3) is 0 Å². The Balaban J connectivity index is 1.81. The number of benzene rings is 2. The van der Waals surface area contributed by atoms with Crippen LogP contribution in [-0.4, -0.2) is 38.2 Å². The summed E-state index contributed by atoms with van der Waals surface area (Å²) in [7, 11) is 1.65. The van der Waals surface area contributed by atoms with Crippen molar-refractivity contribution in [2.45, 2.75) is 32.8 Å². The number of ether oxygens (including phenoxy) is 1. The summed E-state index contributed by atoms with van der Waals surface area (Å²) in [4.78, 5) is 16.1. The lowest BCUT2D eigenvalue weighted by Crippen LogP contribution is -2.36. The topological polar surface area (TPSA) is 74.8 Å². The summed E-state index contributed by atoms with van der Waals surface area (Å²) in [5.41, 5.74) is 3.15. The van der Waals surface area contributed by atoms with E-state index in [-0.39, 0.29) is 12.5 Å². The van der Waals surface area contributed by atoms with E-state index >= 15 is 0 Å². The molecule has 0 radical (unpaired) electrons. The van der Waals surface area contributed by atoms with E-state index < -0.39 is 12.8 Å². The third-order valence-electron chi connectivity index (χ3n) is 4.23. The van der Waals surface area contributed by atoms with Crippen LogP contribution in [0, 0.1) is 0 Å². The highest BCUT2D eigenvalue weighted by atomic mass is 19.4. The zero-order chi connectivity index (χ0) is 22.7. The van der Waals surface area contributed by atoms with E-state index in [1.54, 1.807) is 25.2 Å². The Morgan fingerprint density at radius 3 is 2.23 bits per heavy atom. The molecule has 3 N–H and O–H groups in total. The van der Waals surface area contributed by atoms with Crippen molar-refractivity contribution < 1.29 is 22.7 Å². The Morgan fingerprint density at radius 1 is 0.968 bits per heavy atom. The van der Waals surface area contributed by atoms with Gasteiger partial charge in [0.15, 0.2) is 5.96 Å². The number of carbonyl (C=O) groups is 1. The second-order valence-corrected chi connectivity index (χ2v) is 6.76. The van der Waals surface area contributed by atoms with Crippen LogP contribution < -0.4 is 16.0 Å². The van der Waals surface area contributed by atoms with Crippen molar-refractivity contribution in [3.05, 3.63) is 70.8 Å². The highest BCUT2D eigenvalue weighted by Crippen LogP contribution is 2.15. The molecule has 1 amide bonds. The van der Waals surface area contributed by atoms with Crippen LogP contribution in [0.1, 0.15) is 34.0 Å². The Hall–Kier alpha value is -3.07. The van der Waals surface area contributed by atoms with Gasteiger partial charge in [0.2, 0.25) is 0 Å². The van der Waals surface area contributed by atoms with E-state index in [0.717, 1.165) is 11.1 Å². The molecule has 0 aliphatic carbocycles. The summed E-state index contributed by atoms with van der Waals surface area (Å²) >= 11 is 0. The normalized spacial score (nSPS) is 11.8. The van der Waals surface area contributed by atoms with Crippen molar-refractivity contribution in [2.24, 2.45) is 4.99 Å². The van der Waals surface area contributed by atoms with Gasteiger partial charge in [-0.2, -0.15) is 13.2 Å². The molecule has 9 heteroatoms. The zero-order valence-electron chi connectivity index (χ0n) is 17.6. The van der Waals surface area contributed by atoms with Gasteiger partial charge in [0, 0.05) is 32.2 Å². The van der Waals surface area contributed by atoms with E-state index in [1.807, 2.05) is 37.3 Å². The van der Waals surface area contributed by atoms with Crippen LogP contribution in [0.5, 0.6) is 0 Å². The first-order chi connectivity index (χ1) is 14.8. The molecule has 0 aliphatic rings. The summed E-state index contributed by atoms with van der Waals surface area (Å²) < 4.78 is 41.0. The van der Waals surface area contributed by atoms with Gasteiger partial charge in [-0.25, -0.2) is 0 Å². The molecular weight excluding hydrogens is 409 g/mol. The number of aliphatic imine (C=N–C) groups is 1. The minimum atomic E-state index is -4.32. The van der Waals surface area contributed by atoms with Crippen LogP contribution in [0.2, 0.25) is 0 Å². The van der Waals surface area contributed by atoms with Crippen molar-refractivity contribution in [1.29, 1.82) is 0 Å². The molecule has 6 nitrogen and oxygen atoms in total. The van der Waals surface area contributed by atoms with Gasteiger partial charge >= 0.3 is 6.18 Å². The number of hydrogen-bond acceptors (Lipinski definition) is 3. The Bertz CT molecular complexity index is 868. The predicted octanol–water partition coefficient (Wildman–Crippen LogP) is 3.38. The predicted molar refractivity (Wildman–Crippen MR) is 114 cm³/mol. The molecule has 0 atom stereocenters. The number of rotatable bonds is 9. The number of nitrogens with zero attached hydrogens (tertiary/aromatic N) is 1. The summed E-state index contributed by atoms with van der Waals surface area (Å²) in [6.07, 6.45) is -4.32. The maximum absolute atomic E-state index is 12.1. The molecule has 0 bridgehead atoms. The van der Waals surface area contributed by atoms with Crippen LogP contribution >= 0.6 is 0 Å². The minimum Gasteiger partial charge on any atom is -0.367 e. The largest absolute Gasteiger partial charge is 0.411 e. The first kappa shape index (κ1) is 24.2. The molecule has 0 saturated carbocycles. The maximum Gasteiger partial charge on any atom is 0.411 e. The molecule has 2 aromatic rings. The highest BCUT2D eigenvalue weighted by Gasteiger charge is 2.27. The molecule has 0 aromatic heterocycles. The van der Waals surface area contributed by atoms with Crippen molar-refractivity contribution in [1.82, 2.24) is 16.0 Å². The molecule has 2 rings (SSSR count).